The second-order valence-corrected chi connectivity index (χ2v) is 7.94. The highest BCUT2D eigenvalue weighted by Crippen LogP contribution is 2.23. The minimum Gasteiger partial charge on any atom is -0.329 e. The van der Waals surface area contributed by atoms with Crippen LogP contribution in [0.4, 0.5) is 4.79 Å². The van der Waals surface area contributed by atoms with Gasteiger partial charge in [0.05, 0.1) is 18.3 Å². The van der Waals surface area contributed by atoms with Crippen molar-refractivity contribution in [3.8, 4) is 0 Å². The van der Waals surface area contributed by atoms with Crippen molar-refractivity contribution >= 4 is 22.0 Å². The first-order valence-corrected chi connectivity index (χ1v) is 9.11. The van der Waals surface area contributed by atoms with Crippen LogP contribution in [0.1, 0.15) is 17.5 Å². The number of imide groups is 1. The molecule has 0 saturated carbocycles. The van der Waals surface area contributed by atoms with Gasteiger partial charge in [0.1, 0.15) is 0 Å². The molecule has 0 aliphatic carbocycles. The summed E-state index contributed by atoms with van der Waals surface area (Å²) in [5.41, 5.74) is 1.75. The summed E-state index contributed by atoms with van der Waals surface area (Å²) in [5, 5.41) is 2.47. The number of sulfonamides is 1. The van der Waals surface area contributed by atoms with Gasteiger partial charge in [0.15, 0.2) is 0 Å². The van der Waals surface area contributed by atoms with Crippen molar-refractivity contribution in [2.75, 3.05) is 19.6 Å². The van der Waals surface area contributed by atoms with Gasteiger partial charge in [0.2, 0.25) is 15.9 Å². The summed E-state index contributed by atoms with van der Waals surface area (Å²) in [6.45, 7) is 2.41. The van der Waals surface area contributed by atoms with Crippen LogP contribution in [0.5, 0.6) is 0 Å². The fourth-order valence-corrected chi connectivity index (χ4v) is 4.65. The smallest absolute Gasteiger partial charge is 0.324 e. The Hall–Kier alpha value is -1.93. The third-order valence-corrected chi connectivity index (χ3v) is 6.01. The van der Waals surface area contributed by atoms with Gasteiger partial charge < -0.3 is 5.32 Å². The second-order valence-electron chi connectivity index (χ2n) is 5.97. The molecule has 0 radical (unpaired) electrons. The minimum absolute atomic E-state index is 0.00856. The number of urea groups is 1. The molecule has 7 nitrogen and oxygen atoms in total. The molecule has 1 atom stereocenters. The zero-order valence-electron chi connectivity index (χ0n) is 12.9. The summed E-state index contributed by atoms with van der Waals surface area (Å²) in [6, 6.07) is 6.58. The average molecular weight is 337 g/mol. The van der Waals surface area contributed by atoms with Crippen LogP contribution < -0.4 is 5.32 Å². The van der Waals surface area contributed by atoms with Gasteiger partial charge in [-0.05, 0) is 18.9 Å². The Morgan fingerprint density at radius 1 is 1.30 bits per heavy atom. The molecule has 2 fully saturated rings. The van der Waals surface area contributed by atoms with Crippen LogP contribution >= 0.6 is 0 Å². The number of carbonyl (C=O) groups excluding carboxylic acids is 2. The van der Waals surface area contributed by atoms with Crippen molar-refractivity contribution in [1.82, 2.24) is 14.5 Å². The third kappa shape index (κ3) is 3.23. The number of rotatable bonds is 4. The Morgan fingerprint density at radius 2 is 2.09 bits per heavy atom. The molecule has 3 rings (SSSR count). The van der Waals surface area contributed by atoms with Crippen molar-refractivity contribution in [1.29, 1.82) is 0 Å². The highest BCUT2D eigenvalue weighted by Gasteiger charge is 2.41. The molecule has 23 heavy (non-hydrogen) atoms. The monoisotopic (exact) mass is 337 g/mol. The first-order chi connectivity index (χ1) is 10.9. The molecule has 2 heterocycles. The van der Waals surface area contributed by atoms with E-state index in [1.807, 2.05) is 25.1 Å². The molecule has 0 unspecified atom stereocenters. The fourth-order valence-electron chi connectivity index (χ4n) is 3.08. The predicted molar refractivity (Wildman–Crippen MR) is 84.0 cm³/mol. The normalized spacial score (nSPS) is 22.7. The van der Waals surface area contributed by atoms with Crippen molar-refractivity contribution in [3.05, 3.63) is 35.4 Å². The van der Waals surface area contributed by atoms with E-state index in [1.165, 1.54) is 4.31 Å². The van der Waals surface area contributed by atoms with E-state index in [2.05, 4.69) is 5.32 Å². The Labute approximate surface area is 135 Å². The number of aryl methyl sites for hydroxylation is 1. The summed E-state index contributed by atoms with van der Waals surface area (Å²) >= 11 is 0. The number of hydrogen-bond acceptors (Lipinski definition) is 4. The van der Waals surface area contributed by atoms with Crippen molar-refractivity contribution < 1.29 is 18.0 Å². The molecule has 0 aromatic heterocycles. The molecule has 8 heteroatoms. The van der Waals surface area contributed by atoms with E-state index in [4.69, 9.17) is 0 Å². The number of amides is 3. The van der Waals surface area contributed by atoms with Crippen molar-refractivity contribution in [3.63, 3.8) is 0 Å². The van der Waals surface area contributed by atoms with E-state index in [1.54, 1.807) is 6.07 Å². The van der Waals surface area contributed by atoms with Gasteiger partial charge in [-0.25, -0.2) is 13.2 Å². The zero-order chi connectivity index (χ0) is 16.6. The summed E-state index contributed by atoms with van der Waals surface area (Å²) in [5.74, 6) is -0.361. The van der Waals surface area contributed by atoms with E-state index < -0.39 is 16.1 Å². The fraction of sp³-hybridized carbons (Fsp3) is 0.467. The van der Waals surface area contributed by atoms with E-state index in [9.17, 15) is 18.0 Å². The van der Waals surface area contributed by atoms with Gasteiger partial charge in [-0.15, -0.1) is 0 Å². The average Bonchev–Trinajstić information content (AvgIpc) is 3.06. The van der Waals surface area contributed by atoms with Crippen molar-refractivity contribution in [2.24, 2.45) is 0 Å². The molecule has 2 saturated heterocycles. The molecule has 3 amide bonds. The molecule has 2 aliphatic heterocycles. The summed E-state index contributed by atoms with van der Waals surface area (Å²) < 4.78 is 26.5. The van der Waals surface area contributed by atoms with Crippen LogP contribution in [0.2, 0.25) is 0 Å². The van der Waals surface area contributed by atoms with Crippen molar-refractivity contribution in [2.45, 2.75) is 25.1 Å². The summed E-state index contributed by atoms with van der Waals surface area (Å²) in [4.78, 5) is 24.6. The minimum atomic E-state index is -3.46. The molecular formula is C15H19N3O4S. The van der Waals surface area contributed by atoms with Crippen LogP contribution in [-0.4, -0.2) is 55.2 Å². The molecule has 1 aromatic carbocycles. The van der Waals surface area contributed by atoms with E-state index >= 15 is 0 Å². The predicted octanol–water partition coefficient (Wildman–Crippen LogP) is 0.451. The van der Waals surface area contributed by atoms with E-state index in [0.29, 0.717) is 13.0 Å². The quantitative estimate of drug-likeness (QED) is 0.808. The molecule has 124 valence electrons. The Balaban J connectivity index is 1.70. The van der Waals surface area contributed by atoms with Gasteiger partial charge in [0, 0.05) is 13.1 Å². The third-order valence-electron chi connectivity index (χ3n) is 4.19. The lowest BCUT2D eigenvalue weighted by atomic mass is 10.2. The van der Waals surface area contributed by atoms with Crippen LogP contribution in [0.15, 0.2) is 24.3 Å². The highest BCUT2D eigenvalue weighted by molar-refractivity contribution is 7.88. The number of nitrogens with zero attached hydrogens (tertiary/aromatic N) is 2. The molecule has 2 aliphatic rings. The summed E-state index contributed by atoms with van der Waals surface area (Å²) in [7, 11) is -3.46. The molecular weight excluding hydrogens is 318 g/mol. The van der Waals surface area contributed by atoms with Gasteiger partial charge in [-0.3, -0.25) is 9.69 Å². The maximum absolute atomic E-state index is 12.6. The molecule has 0 bridgehead atoms. The number of carbonyl (C=O) groups is 2. The van der Waals surface area contributed by atoms with Crippen LogP contribution in [-0.2, 0) is 20.6 Å². The highest BCUT2D eigenvalue weighted by atomic mass is 32.2. The number of nitrogens with one attached hydrogen (secondary N) is 1. The zero-order valence-corrected chi connectivity index (χ0v) is 13.7. The first kappa shape index (κ1) is 15.9. The van der Waals surface area contributed by atoms with Gasteiger partial charge in [0.25, 0.3) is 0 Å². The molecule has 1 aromatic rings. The lowest BCUT2D eigenvalue weighted by Crippen LogP contribution is -2.43. The van der Waals surface area contributed by atoms with Gasteiger partial charge in [-0.2, -0.15) is 4.31 Å². The Morgan fingerprint density at radius 3 is 2.74 bits per heavy atom. The van der Waals surface area contributed by atoms with E-state index in [0.717, 1.165) is 16.0 Å². The van der Waals surface area contributed by atoms with Crippen LogP contribution in [0.3, 0.4) is 0 Å². The molecule has 1 N–H and O–H groups in total. The standard InChI is InChI=1S/C15H19N3O4S/c1-11-3-2-4-12(7-11)10-23(21,22)17-6-5-13(9-17)18-14(19)8-16-15(18)20/h2-4,7,13H,5-6,8-10H2,1H3,(H,16,20)/t13-/m1/s1. The first-order valence-electron chi connectivity index (χ1n) is 7.50. The van der Waals surface area contributed by atoms with E-state index in [-0.39, 0.29) is 30.8 Å². The Bertz CT molecular complexity index is 731. The lowest BCUT2D eigenvalue weighted by molar-refractivity contribution is -0.126. The van der Waals surface area contributed by atoms with Crippen LogP contribution in [0, 0.1) is 6.92 Å². The second kappa shape index (κ2) is 5.93. The van der Waals surface area contributed by atoms with Gasteiger partial charge >= 0.3 is 6.03 Å². The molecule has 0 spiro atoms. The maximum atomic E-state index is 12.6. The largest absolute Gasteiger partial charge is 0.329 e. The number of benzene rings is 1. The maximum Gasteiger partial charge on any atom is 0.324 e. The lowest BCUT2D eigenvalue weighted by Gasteiger charge is -2.21. The number of hydrogen-bond donors (Lipinski definition) is 1. The van der Waals surface area contributed by atoms with Gasteiger partial charge in [-0.1, -0.05) is 29.8 Å². The topological polar surface area (TPSA) is 86.8 Å². The Kier molecular flexibility index (Phi) is 4.11. The summed E-state index contributed by atoms with van der Waals surface area (Å²) in [6.07, 6.45) is 0.478. The SMILES string of the molecule is Cc1cccc(CS(=O)(=O)N2CC[C@@H](N3C(=O)CNC3=O)C2)c1. The van der Waals surface area contributed by atoms with Crippen LogP contribution in [0.25, 0.3) is 0 Å².